The van der Waals surface area contributed by atoms with Gasteiger partial charge in [-0.15, -0.1) is 0 Å². The summed E-state index contributed by atoms with van der Waals surface area (Å²) in [5.41, 5.74) is 6.71. The van der Waals surface area contributed by atoms with Crippen LogP contribution in [0.2, 0.25) is 0 Å². The highest BCUT2D eigenvalue weighted by Crippen LogP contribution is 2.28. The van der Waals surface area contributed by atoms with Gasteiger partial charge in [-0.2, -0.15) is 0 Å². The van der Waals surface area contributed by atoms with Crippen molar-refractivity contribution < 1.29 is 0 Å². The fourth-order valence-electron chi connectivity index (χ4n) is 2.40. The van der Waals surface area contributed by atoms with Crippen molar-refractivity contribution in [2.24, 2.45) is 0 Å². The fraction of sp³-hybridized carbons (Fsp3) is 0.250. The molecular formula is C16H17N. The number of hydrogen-bond acceptors (Lipinski definition) is 1. The lowest BCUT2D eigenvalue weighted by Crippen LogP contribution is -2.11. The number of fused-ring (bicyclic) bond motifs is 1. The number of nitrogens with one attached hydrogen (secondary N) is 1. The molecule has 0 amide bonds. The predicted molar refractivity (Wildman–Crippen MR) is 73.4 cm³/mol. The summed E-state index contributed by atoms with van der Waals surface area (Å²) < 4.78 is 0. The first-order valence-electron chi connectivity index (χ1n) is 6.27. The zero-order valence-electron chi connectivity index (χ0n) is 10.2. The van der Waals surface area contributed by atoms with Crippen molar-refractivity contribution in [3.8, 4) is 11.1 Å². The van der Waals surface area contributed by atoms with Gasteiger partial charge < -0.3 is 5.32 Å². The summed E-state index contributed by atoms with van der Waals surface area (Å²) in [5, 5.41) is 3.45. The highest BCUT2D eigenvalue weighted by molar-refractivity contribution is 5.69. The molecule has 0 saturated heterocycles. The van der Waals surface area contributed by atoms with Crippen LogP contribution in [-0.2, 0) is 6.42 Å². The standard InChI is InChI=1S/C16H17N/c1-12-4-6-13(7-5-12)14-8-9-16-15(11-14)3-2-10-17-16/h4-9,11,17H,2-3,10H2,1H3. The van der Waals surface area contributed by atoms with Gasteiger partial charge in [0.15, 0.2) is 0 Å². The molecule has 0 unspecified atom stereocenters. The SMILES string of the molecule is Cc1ccc(-c2ccc3c(c2)CCCN3)cc1. The predicted octanol–water partition coefficient (Wildman–Crippen LogP) is 4.02. The molecular weight excluding hydrogens is 206 g/mol. The average molecular weight is 223 g/mol. The van der Waals surface area contributed by atoms with Crippen LogP contribution in [-0.4, -0.2) is 6.54 Å². The third-order valence-electron chi connectivity index (χ3n) is 3.43. The molecule has 3 rings (SSSR count). The van der Waals surface area contributed by atoms with E-state index in [0.717, 1.165) is 6.54 Å². The maximum absolute atomic E-state index is 3.45. The van der Waals surface area contributed by atoms with Crippen LogP contribution < -0.4 is 5.32 Å². The first kappa shape index (κ1) is 10.4. The molecule has 1 aliphatic heterocycles. The Morgan fingerprint density at radius 1 is 0.941 bits per heavy atom. The molecule has 0 atom stereocenters. The van der Waals surface area contributed by atoms with Crippen molar-refractivity contribution in [2.75, 3.05) is 11.9 Å². The molecule has 0 aromatic heterocycles. The normalized spacial score (nSPS) is 13.9. The minimum atomic E-state index is 1.11. The van der Waals surface area contributed by atoms with Gasteiger partial charge in [-0.25, -0.2) is 0 Å². The van der Waals surface area contributed by atoms with Crippen LogP contribution >= 0.6 is 0 Å². The van der Waals surface area contributed by atoms with Crippen molar-refractivity contribution in [1.29, 1.82) is 0 Å². The van der Waals surface area contributed by atoms with E-state index in [1.165, 1.54) is 40.8 Å². The van der Waals surface area contributed by atoms with Gasteiger partial charge in [-0.1, -0.05) is 35.9 Å². The largest absolute Gasteiger partial charge is 0.385 e. The van der Waals surface area contributed by atoms with E-state index < -0.39 is 0 Å². The molecule has 0 saturated carbocycles. The smallest absolute Gasteiger partial charge is 0.0373 e. The van der Waals surface area contributed by atoms with Gasteiger partial charge in [-0.3, -0.25) is 0 Å². The molecule has 0 bridgehead atoms. The lowest BCUT2D eigenvalue weighted by Gasteiger charge is -2.18. The first-order chi connectivity index (χ1) is 8.33. The van der Waals surface area contributed by atoms with Crippen molar-refractivity contribution in [3.05, 3.63) is 53.6 Å². The quantitative estimate of drug-likeness (QED) is 0.770. The first-order valence-corrected chi connectivity index (χ1v) is 6.27. The molecule has 2 aromatic rings. The van der Waals surface area contributed by atoms with Crippen LogP contribution in [0, 0.1) is 6.92 Å². The van der Waals surface area contributed by atoms with E-state index in [2.05, 4.69) is 54.7 Å². The monoisotopic (exact) mass is 223 g/mol. The molecule has 2 aromatic carbocycles. The Labute approximate surface area is 102 Å². The Morgan fingerprint density at radius 2 is 1.71 bits per heavy atom. The van der Waals surface area contributed by atoms with Crippen LogP contribution in [0.15, 0.2) is 42.5 Å². The zero-order chi connectivity index (χ0) is 11.7. The van der Waals surface area contributed by atoms with Crippen LogP contribution in [0.5, 0.6) is 0 Å². The average Bonchev–Trinajstić information content (AvgIpc) is 2.39. The number of hydrogen-bond donors (Lipinski definition) is 1. The van der Waals surface area contributed by atoms with E-state index in [1.807, 2.05) is 0 Å². The maximum Gasteiger partial charge on any atom is 0.0373 e. The van der Waals surface area contributed by atoms with E-state index in [1.54, 1.807) is 0 Å². The molecule has 86 valence electrons. The number of anilines is 1. The Balaban J connectivity index is 2.01. The summed E-state index contributed by atoms with van der Waals surface area (Å²) in [6, 6.07) is 15.5. The highest BCUT2D eigenvalue weighted by atomic mass is 14.9. The Kier molecular flexibility index (Phi) is 2.60. The molecule has 0 radical (unpaired) electrons. The van der Waals surface area contributed by atoms with Gasteiger partial charge in [0.1, 0.15) is 0 Å². The summed E-state index contributed by atoms with van der Waals surface area (Å²) in [5.74, 6) is 0. The van der Waals surface area contributed by atoms with Crippen LogP contribution in [0.4, 0.5) is 5.69 Å². The Bertz CT molecular complexity index is 526. The Hall–Kier alpha value is -1.76. The van der Waals surface area contributed by atoms with E-state index in [-0.39, 0.29) is 0 Å². The molecule has 1 heterocycles. The molecule has 1 N–H and O–H groups in total. The number of benzene rings is 2. The van der Waals surface area contributed by atoms with E-state index in [4.69, 9.17) is 0 Å². The number of aryl methyl sites for hydroxylation is 2. The second-order valence-electron chi connectivity index (χ2n) is 4.77. The lowest BCUT2D eigenvalue weighted by molar-refractivity contribution is 0.830. The van der Waals surface area contributed by atoms with E-state index in [9.17, 15) is 0 Å². The lowest BCUT2D eigenvalue weighted by atomic mass is 9.97. The van der Waals surface area contributed by atoms with Crippen molar-refractivity contribution >= 4 is 5.69 Å². The summed E-state index contributed by atoms with van der Waals surface area (Å²) in [4.78, 5) is 0. The van der Waals surface area contributed by atoms with Crippen molar-refractivity contribution in [1.82, 2.24) is 0 Å². The molecule has 1 aliphatic rings. The van der Waals surface area contributed by atoms with Gasteiger partial charge in [0.05, 0.1) is 0 Å². The van der Waals surface area contributed by atoms with Gasteiger partial charge in [0.25, 0.3) is 0 Å². The van der Waals surface area contributed by atoms with E-state index in [0.29, 0.717) is 0 Å². The fourth-order valence-corrected chi connectivity index (χ4v) is 2.40. The van der Waals surface area contributed by atoms with Gasteiger partial charge in [-0.05, 0) is 48.6 Å². The third kappa shape index (κ3) is 2.05. The van der Waals surface area contributed by atoms with Crippen LogP contribution in [0.3, 0.4) is 0 Å². The maximum atomic E-state index is 3.45. The molecule has 0 spiro atoms. The van der Waals surface area contributed by atoms with Crippen molar-refractivity contribution in [2.45, 2.75) is 19.8 Å². The van der Waals surface area contributed by atoms with Gasteiger partial charge in [0.2, 0.25) is 0 Å². The minimum absolute atomic E-state index is 1.11. The minimum Gasteiger partial charge on any atom is -0.385 e. The van der Waals surface area contributed by atoms with Gasteiger partial charge in [0, 0.05) is 12.2 Å². The molecule has 1 heteroatoms. The summed E-state index contributed by atoms with van der Waals surface area (Å²) >= 11 is 0. The molecule has 17 heavy (non-hydrogen) atoms. The van der Waals surface area contributed by atoms with E-state index >= 15 is 0 Å². The second-order valence-corrected chi connectivity index (χ2v) is 4.77. The molecule has 1 nitrogen and oxygen atoms in total. The van der Waals surface area contributed by atoms with Crippen molar-refractivity contribution in [3.63, 3.8) is 0 Å². The molecule has 0 fully saturated rings. The Morgan fingerprint density at radius 3 is 2.53 bits per heavy atom. The summed E-state index contributed by atoms with van der Waals surface area (Å²) in [7, 11) is 0. The van der Waals surface area contributed by atoms with Crippen LogP contribution in [0.1, 0.15) is 17.5 Å². The third-order valence-corrected chi connectivity index (χ3v) is 3.43. The van der Waals surface area contributed by atoms with Gasteiger partial charge >= 0.3 is 0 Å². The second kappa shape index (κ2) is 4.25. The summed E-state index contributed by atoms with van der Waals surface area (Å²) in [6.45, 7) is 3.23. The highest BCUT2D eigenvalue weighted by Gasteiger charge is 2.09. The molecule has 0 aliphatic carbocycles. The van der Waals surface area contributed by atoms with Crippen LogP contribution in [0.25, 0.3) is 11.1 Å². The zero-order valence-corrected chi connectivity index (χ0v) is 10.2. The topological polar surface area (TPSA) is 12.0 Å². The number of rotatable bonds is 1. The summed E-state index contributed by atoms with van der Waals surface area (Å²) in [6.07, 6.45) is 2.44.